The highest BCUT2D eigenvalue weighted by molar-refractivity contribution is 5.26. The van der Waals surface area contributed by atoms with E-state index in [9.17, 15) is 0 Å². The number of nitrogen functional groups attached to an aromatic ring is 1. The van der Waals surface area contributed by atoms with E-state index in [4.69, 9.17) is 10.5 Å². The van der Waals surface area contributed by atoms with E-state index < -0.39 is 0 Å². The van der Waals surface area contributed by atoms with Crippen molar-refractivity contribution in [2.75, 3.05) is 5.73 Å². The van der Waals surface area contributed by atoms with Gasteiger partial charge in [0.2, 0.25) is 5.88 Å². The molecule has 1 aliphatic carbocycles. The van der Waals surface area contributed by atoms with Crippen LogP contribution in [0.2, 0.25) is 0 Å². The monoisotopic (exact) mass is 207 g/mol. The first-order valence-electron chi connectivity index (χ1n) is 5.59. The Balaban J connectivity index is 1.95. The Morgan fingerprint density at radius 3 is 2.53 bits per heavy atom. The van der Waals surface area contributed by atoms with Gasteiger partial charge < -0.3 is 10.5 Å². The molecule has 1 saturated carbocycles. The first-order chi connectivity index (χ1) is 7.34. The molecule has 0 atom stereocenters. The molecule has 1 aromatic rings. The zero-order valence-electron chi connectivity index (χ0n) is 8.85. The molecule has 1 heterocycles. The topological polar surface area (TPSA) is 61.0 Å². The number of hydrogen-bond donors (Lipinski definition) is 1. The Hall–Kier alpha value is -1.32. The minimum absolute atomic E-state index is 0.295. The molecule has 1 aliphatic rings. The number of anilines is 1. The van der Waals surface area contributed by atoms with Gasteiger partial charge in [0, 0.05) is 0 Å². The van der Waals surface area contributed by atoms with E-state index >= 15 is 0 Å². The standard InChI is InChI=1S/C11H17N3O/c12-10-7-13-8-11(14-10)15-9-5-3-1-2-4-6-9/h7-9H,1-6H2,(H2,12,14). The Morgan fingerprint density at radius 1 is 1.13 bits per heavy atom. The van der Waals surface area contributed by atoms with E-state index in [1.165, 1.54) is 31.9 Å². The second kappa shape index (κ2) is 4.96. The van der Waals surface area contributed by atoms with Crippen LogP contribution in [0.3, 0.4) is 0 Å². The Labute approximate surface area is 89.9 Å². The van der Waals surface area contributed by atoms with Crippen LogP contribution in [-0.4, -0.2) is 16.1 Å². The highest BCUT2D eigenvalue weighted by Crippen LogP contribution is 2.21. The third-order valence-corrected chi connectivity index (χ3v) is 2.72. The molecule has 0 aromatic carbocycles. The van der Waals surface area contributed by atoms with Crippen molar-refractivity contribution in [1.82, 2.24) is 9.97 Å². The predicted molar refractivity (Wildman–Crippen MR) is 58.6 cm³/mol. The van der Waals surface area contributed by atoms with Gasteiger partial charge in [-0.15, -0.1) is 0 Å². The highest BCUT2D eigenvalue weighted by Gasteiger charge is 2.14. The van der Waals surface area contributed by atoms with Gasteiger partial charge in [0.1, 0.15) is 11.9 Å². The Bertz CT molecular complexity index is 308. The van der Waals surface area contributed by atoms with Gasteiger partial charge in [0.25, 0.3) is 0 Å². The number of nitrogens with two attached hydrogens (primary N) is 1. The third-order valence-electron chi connectivity index (χ3n) is 2.72. The van der Waals surface area contributed by atoms with Crippen molar-refractivity contribution in [2.45, 2.75) is 44.6 Å². The summed E-state index contributed by atoms with van der Waals surface area (Å²) in [6.07, 6.45) is 10.8. The van der Waals surface area contributed by atoms with Crippen molar-refractivity contribution in [1.29, 1.82) is 0 Å². The van der Waals surface area contributed by atoms with Crippen molar-refractivity contribution in [3.8, 4) is 5.88 Å². The van der Waals surface area contributed by atoms with Crippen molar-refractivity contribution < 1.29 is 4.74 Å². The molecule has 0 amide bonds. The van der Waals surface area contributed by atoms with Gasteiger partial charge in [-0.05, 0) is 25.7 Å². The van der Waals surface area contributed by atoms with Crippen LogP contribution in [0.15, 0.2) is 12.4 Å². The zero-order chi connectivity index (χ0) is 10.5. The highest BCUT2D eigenvalue weighted by atomic mass is 16.5. The first-order valence-corrected chi connectivity index (χ1v) is 5.59. The summed E-state index contributed by atoms with van der Waals surface area (Å²) < 4.78 is 5.76. The summed E-state index contributed by atoms with van der Waals surface area (Å²) in [7, 11) is 0. The molecular formula is C11H17N3O. The lowest BCUT2D eigenvalue weighted by Crippen LogP contribution is -2.16. The van der Waals surface area contributed by atoms with Gasteiger partial charge in [-0.2, -0.15) is 4.98 Å². The molecule has 1 fully saturated rings. The normalized spacial score (nSPS) is 18.4. The maximum absolute atomic E-state index is 5.76. The van der Waals surface area contributed by atoms with Crippen LogP contribution in [-0.2, 0) is 0 Å². The molecule has 0 unspecified atom stereocenters. The van der Waals surface area contributed by atoms with E-state index in [1.54, 1.807) is 6.20 Å². The lowest BCUT2D eigenvalue weighted by atomic mass is 10.1. The molecule has 2 rings (SSSR count). The van der Waals surface area contributed by atoms with Gasteiger partial charge in [0.05, 0.1) is 12.4 Å². The van der Waals surface area contributed by atoms with Crippen molar-refractivity contribution >= 4 is 5.82 Å². The smallest absolute Gasteiger partial charge is 0.234 e. The van der Waals surface area contributed by atoms with E-state index in [0.717, 1.165) is 12.8 Å². The van der Waals surface area contributed by atoms with Crippen molar-refractivity contribution in [2.24, 2.45) is 0 Å². The molecule has 0 aliphatic heterocycles. The van der Waals surface area contributed by atoms with E-state index in [-0.39, 0.29) is 0 Å². The predicted octanol–water partition coefficient (Wildman–Crippen LogP) is 2.16. The summed E-state index contributed by atoms with van der Waals surface area (Å²) in [5.41, 5.74) is 5.54. The number of rotatable bonds is 2. The summed E-state index contributed by atoms with van der Waals surface area (Å²) in [5.74, 6) is 0.975. The summed E-state index contributed by atoms with van der Waals surface area (Å²) in [6.45, 7) is 0. The fourth-order valence-corrected chi connectivity index (χ4v) is 1.95. The quantitative estimate of drug-likeness (QED) is 0.755. The van der Waals surface area contributed by atoms with Crippen LogP contribution in [0.25, 0.3) is 0 Å². The number of aromatic nitrogens is 2. The van der Waals surface area contributed by atoms with Gasteiger partial charge >= 0.3 is 0 Å². The van der Waals surface area contributed by atoms with Crippen LogP contribution in [0, 0.1) is 0 Å². The average molecular weight is 207 g/mol. The van der Waals surface area contributed by atoms with E-state index in [1.807, 2.05) is 0 Å². The summed E-state index contributed by atoms with van der Waals surface area (Å²) in [6, 6.07) is 0. The van der Waals surface area contributed by atoms with Crippen LogP contribution in [0.5, 0.6) is 5.88 Å². The van der Waals surface area contributed by atoms with Gasteiger partial charge in [0.15, 0.2) is 0 Å². The van der Waals surface area contributed by atoms with Crippen LogP contribution in [0.4, 0.5) is 5.82 Å². The maximum atomic E-state index is 5.76. The summed E-state index contributed by atoms with van der Waals surface area (Å²) in [5, 5.41) is 0. The van der Waals surface area contributed by atoms with Gasteiger partial charge in [-0.1, -0.05) is 12.8 Å². The lowest BCUT2D eigenvalue weighted by Gasteiger charge is -2.15. The molecule has 1 aromatic heterocycles. The second-order valence-electron chi connectivity index (χ2n) is 4.01. The average Bonchev–Trinajstić information content (AvgIpc) is 2.46. The largest absolute Gasteiger partial charge is 0.473 e. The van der Waals surface area contributed by atoms with E-state index in [2.05, 4.69) is 9.97 Å². The fourth-order valence-electron chi connectivity index (χ4n) is 1.95. The molecule has 82 valence electrons. The summed E-state index contributed by atoms with van der Waals surface area (Å²) in [4.78, 5) is 8.05. The van der Waals surface area contributed by atoms with E-state index in [0.29, 0.717) is 17.8 Å². The Morgan fingerprint density at radius 2 is 1.87 bits per heavy atom. The first kappa shape index (κ1) is 10.2. The molecule has 4 heteroatoms. The SMILES string of the molecule is Nc1cncc(OC2CCCCCC2)n1. The molecule has 2 N–H and O–H groups in total. The van der Waals surface area contributed by atoms with Gasteiger partial charge in [-0.3, -0.25) is 4.98 Å². The van der Waals surface area contributed by atoms with Crippen LogP contribution >= 0.6 is 0 Å². The summed E-state index contributed by atoms with van der Waals surface area (Å²) >= 11 is 0. The number of ether oxygens (including phenoxy) is 1. The minimum Gasteiger partial charge on any atom is -0.473 e. The lowest BCUT2D eigenvalue weighted by molar-refractivity contribution is 0.176. The minimum atomic E-state index is 0.295. The maximum Gasteiger partial charge on any atom is 0.234 e. The van der Waals surface area contributed by atoms with Crippen molar-refractivity contribution in [3.05, 3.63) is 12.4 Å². The molecule has 0 saturated heterocycles. The fraction of sp³-hybridized carbons (Fsp3) is 0.636. The molecular weight excluding hydrogens is 190 g/mol. The number of hydrogen-bond acceptors (Lipinski definition) is 4. The molecule has 15 heavy (non-hydrogen) atoms. The molecule has 0 bridgehead atoms. The molecule has 0 spiro atoms. The third kappa shape index (κ3) is 3.08. The molecule has 4 nitrogen and oxygen atoms in total. The van der Waals surface area contributed by atoms with Crippen LogP contribution < -0.4 is 10.5 Å². The second-order valence-corrected chi connectivity index (χ2v) is 4.01. The molecule has 0 radical (unpaired) electrons. The zero-order valence-corrected chi connectivity index (χ0v) is 8.85. The van der Waals surface area contributed by atoms with Gasteiger partial charge in [-0.25, -0.2) is 0 Å². The number of nitrogens with zero attached hydrogens (tertiary/aromatic N) is 2. The van der Waals surface area contributed by atoms with Crippen molar-refractivity contribution in [3.63, 3.8) is 0 Å². The Kier molecular flexibility index (Phi) is 3.37. The van der Waals surface area contributed by atoms with Crippen LogP contribution in [0.1, 0.15) is 38.5 Å².